The number of rotatable bonds is 5. The highest BCUT2D eigenvalue weighted by atomic mass is 19.4. The van der Waals surface area contributed by atoms with E-state index in [-0.39, 0.29) is 0 Å². The molecule has 1 aromatic heterocycles. The van der Waals surface area contributed by atoms with Gasteiger partial charge >= 0.3 is 6.18 Å². The summed E-state index contributed by atoms with van der Waals surface area (Å²) in [7, 11) is 0. The Morgan fingerprint density at radius 3 is 2.27 bits per heavy atom. The summed E-state index contributed by atoms with van der Waals surface area (Å²) in [6, 6.07) is 10.1. The molecule has 0 saturated heterocycles. The van der Waals surface area contributed by atoms with Crippen molar-refractivity contribution < 1.29 is 13.2 Å². The van der Waals surface area contributed by atoms with Crippen LogP contribution in [0.25, 0.3) is 22.2 Å². The molecule has 0 aliphatic heterocycles. The number of unbranched alkanes of at least 4 members (excludes halogenated alkanes) is 1. The molecule has 0 bridgehead atoms. The van der Waals surface area contributed by atoms with Gasteiger partial charge in [0, 0.05) is 16.6 Å². The lowest BCUT2D eigenvalue weighted by Crippen LogP contribution is -2.04. The van der Waals surface area contributed by atoms with Crippen LogP contribution in [0.15, 0.2) is 36.4 Å². The molecule has 3 rings (SSSR count). The molecule has 26 heavy (non-hydrogen) atoms. The summed E-state index contributed by atoms with van der Waals surface area (Å²) >= 11 is 0. The van der Waals surface area contributed by atoms with E-state index in [0.717, 1.165) is 52.4 Å². The molecule has 3 N–H and O–H groups in total. The lowest BCUT2D eigenvalue weighted by atomic mass is 9.97. The lowest BCUT2D eigenvalue weighted by molar-refractivity contribution is -0.137. The van der Waals surface area contributed by atoms with Gasteiger partial charge in [-0.3, -0.25) is 0 Å². The van der Waals surface area contributed by atoms with Gasteiger partial charge in [-0.05, 0) is 81.1 Å². The van der Waals surface area contributed by atoms with Crippen LogP contribution in [0.3, 0.4) is 0 Å². The molecule has 0 aliphatic rings. The average molecular weight is 360 g/mol. The first-order chi connectivity index (χ1) is 12.3. The second-order valence-electron chi connectivity index (χ2n) is 6.86. The molecule has 138 valence electrons. The molecule has 0 radical (unpaired) electrons. The van der Waals surface area contributed by atoms with Gasteiger partial charge in [0.2, 0.25) is 0 Å². The minimum atomic E-state index is -4.35. The van der Waals surface area contributed by atoms with Gasteiger partial charge in [-0.15, -0.1) is 0 Å². The molecule has 5 heteroatoms. The molecule has 2 nitrogen and oxygen atoms in total. The van der Waals surface area contributed by atoms with E-state index >= 15 is 0 Å². The van der Waals surface area contributed by atoms with E-state index in [2.05, 4.69) is 23.2 Å². The maximum atomic E-state index is 13.2. The summed E-state index contributed by atoms with van der Waals surface area (Å²) in [5, 5.41) is 0.644. The van der Waals surface area contributed by atoms with Gasteiger partial charge < -0.3 is 10.7 Å². The monoisotopic (exact) mass is 360 g/mol. The van der Waals surface area contributed by atoms with Crippen molar-refractivity contribution in [2.45, 2.75) is 39.3 Å². The molecule has 0 atom stereocenters. The van der Waals surface area contributed by atoms with Crippen LogP contribution < -0.4 is 5.73 Å². The number of H-pyrrole nitrogens is 1. The Balaban J connectivity index is 2.19. The zero-order chi connectivity index (χ0) is 18.9. The Labute approximate surface area is 151 Å². The molecule has 0 amide bonds. The number of hydrogen-bond donors (Lipinski definition) is 2. The molecule has 0 unspecified atom stereocenters. The van der Waals surface area contributed by atoms with Gasteiger partial charge in [-0.25, -0.2) is 0 Å². The van der Waals surface area contributed by atoms with Crippen LogP contribution in [0.1, 0.15) is 35.1 Å². The third-order valence-corrected chi connectivity index (χ3v) is 4.62. The van der Waals surface area contributed by atoms with Crippen LogP contribution in [0.2, 0.25) is 0 Å². The number of aromatic amines is 1. The SMILES string of the molecule is Cc1cc(C)cc(-c2[nH]c3ccc(C(F)(F)F)cc3c2CCCCN)c1. The maximum absolute atomic E-state index is 13.2. The van der Waals surface area contributed by atoms with E-state index in [1.165, 1.54) is 12.1 Å². The van der Waals surface area contributed by atoms with Crippen molar-refractivity contribution in [3.8, 4) is 11.3 Å². The first-order valence-corrected chi connectivity index (χ1v) is 8.80. The predicted octanol–water partition coefficient (Wildman–Crippen LogP) is 5.75. The van der Waals surface area contributed by atoms with E-state index in [1.807, 2.05) is 13.8 Å². The zero-order valence-corrected chi connectivity index (χ0v) is 15.0. The zero-order valence-electron chi connectivity index (χ0n) is 15.0. The van der Waals surface area contributed by atoms with E-state index in [1.54, 1.807) is 0 Å². The molecule has 0 aliphatic carbocycles. The van der Waals surface area contributed by atoms with Crippen LogP contribution in [-0.4, -0.2) is 11.5 Å². The minimum absolute atomic E-state index is 0.578. The van der Waals surface area contributed by atoms with Crippen molar-refractivity contribution in [2.24, 2.45) is 5.73 Å². The maximum Gasteiger partial charge on any atom is 0.416 e. The van der Waals surface area contributed by atoms with E-state index in [9.17, 15) is 13.2 Å². The van der Waals surface area contributed by atoms with Crippen LogP contribution >= 0.6 is 0 Å². The highest BCUT2D eigenvalue weighted by Crippen LogP contribution is 2.36. The number of alkyl halides is 3. The standard InChI is InChI=1S/C21H23F3N2/c1-13-9-14(2)11-15(10-13)20-17(5-3-4-8-25)18-12-16(21(22,23)24)6-7-19(18)26-20/h6-7,9-12,26H,3-5,8,25H2,1-2H3. The van der Waals surface area contributed by atoms with E-state index in [4.69, 9.17) is 5.73 Å². The Morgan fingerprint density at radius 2 is 1.65 bits per heavy atom. The van der Waals surface area contributed by atoms with E-state index < -0.39 is 11.7 Å². The second-order valence-corrected chi connectivity index (χ2v) is 6.86. The average Bonchev–Trinajstić information content (AvgIpc) is 2.91. The number of aryl methyl sites for hydroxylation is 3. The molecule has 0 fully saturated rings. The van der Waals surface area contributed by atoms with Gasteiger partial charge in [-0.2, -0.15) is 13.2 Å². The third kappa shape index (κ3) is 3.78. The van der Waals surface area contributed by atoms with Crippen molar-refractivity contribution in [2.75, 3.05) is 6.54 Å². The Hall–Kier alpha value is -2.27. The van der Waals surface area contributed by atoms with Gasteiger partial charge in [0.1, 0.15) is 0 Å². The van der Waals surface area contributed by atoms with Crippen molar-refractivity contribution in [3.05, 3.63) is 58.7 Å². The van der Waals surface area contributed by atoms with Crippen LogP contribution in [0.5, 0.6) is 0 Å². The van der Waals surface area contributed by atoms with Crippen molar-refractivity contribution in [1.82, 2.24) is 4.98 Å². The number of fused-ring (bicyclic) bond motifs is 1. The smallest absolute Gasteiger partial charge is 0.354 e. The second kappa shape index (κ2) is 7.16. The number of aromatic nitrogens is 1. The Kier molecular flexibility index (Phi) is 5.10. The predicted molar refractivity (Wildman–Crippen MR) is 100 cm³/mol. The highest BCUT2D eigenvalue weighted by molar-refractivity contribution is 5.91. The fraction of sp³-hybridized carbons (Fsp3) is 0.333. The first kappa shape index (κ1) is 18.5. The summed E-state index contributed by atoms with van der Waals surface area (Å²) in [5.74, 6) is 0. The van der Waals surface area contributed by atoms with Crippen LogP contribution in [0.4, 0.5) is 13.2 Å². The van der Waals surface area contributed by atoms with Crippen molar-refractivity contribution in [1.29, 1.82) is 0 Å². The number of hydrogen-bond acceptors (Lipinski definition) is 1. The van der Waals surface area contributed by atoms with E-state index in [0.29, 0.717) is 18.4 Å². The molecular weight excluding hydrogens is 337 g/mol. The Bertz CT molecular complexity index is 903. The normalized spacial score (nSPS) is 12.1. The number of nitrogens with one attached hydrogen (secondary N) is 1. The fourth-order valence-corrected chi connectivity index (χ4v) is 3.50. The van der Waals surface area contributed by atoms with Gasteiger partial charge in [-0.1, -0.05) is 17.2 Å². The topological polar surface area (TPSA) is 41.8 Å². The summed E-state index contributed by atoms with van der Waals surface area (Å²) < 4.78 is 39.5. The lowest BCUT2D eigenvalue weighted by Gasteiger charge is -2.09. The number of benzene rings is 2. The number of nitrogens with two attached hydrogens (primary N) is 1. The largest absolute Gasteiger partial charge is 0.416 e. The van der Waals surface area contributed by atoms with Gasteiger partial charge in [0.05, 0.1) is 5.56 Å². The molecular formula is C21H23F3N2. The molecule has 3 aromatic rings. The Morgan fingerprint density at radius 1 is 0.962 bits per heavy atom. The molecule has 0 saturated carbocycles. The van der Waals surface area contributed by atoms with Crippen LogP contribution in [0, 0.1) is 13.8 Å². The van der Waals surface area contributed by atoms with Gasteiger partial charge in [0.15, 0.2) is 0 Å². The first-order valence-electron chi connectivity index (χ1n) is 8.80. The molecule has 1 heterocycles. The quantitative estimate of drug-likeness (QED) is 0.559. The summed E-state index contributed by atoms with van der Waals surface area (Å²) in [5.41, 5.74) is 10.8. The fourth-order valence-electron chi connectivity index (χ4n) is 3.50. The van der Waals surface area contributed by atoms with Gasteiger partial charge in [0.25, 0.3) is 0 Å². The van der Waals surface area contributed by atoms with Crippen LogP contribution in [-0.2, 0) is 12.6 Å². The van der Waals surface area contributed by atoms with Crippen molar-refractivity contribution >= 4 is 10.9 Å². The van der Waals surface area contributed by atoms with Crippen molar-refractivity contribution in [3.63, 3.8) is 0 Å². The minimum Gasteiger partial charge on any atom is -0.354 e. The molecule has 0 spiro atoms. The summed E-state index contributed by atoms with van der Waals surface area (Å²) in [6.07, 6.45) is -1.96. The summed E-state index contributed by atoms with van der Waals surface area (Å²) in [6.45, 7) is 4.62. The molecule has 2 aromatic carbocycles. The summed E-state index contributed by atoms with van der Waals surface area (Å²) in [4.78, 5) is 3.34. The highest BCUT2D eigenvalue weighted by Gasteiger charge is 2.31. The number of halogens is 3. The third-order valence-electron chi connectivity index (χ3n) is 4.62.